The highest BCUT2D eigenvalue weighted by molar-refractivity contribution is 7.89. The number of hydrogen-bond acceptors (Lipinski definition) is 2. The van der Waals surface area contributed by atoms with E-state index in [1.165, 1.54) is 10.6 Å². The van der Waals surface area contributed by atoms with Crippen molar-refractivity contribution in [3.8, 4) is 0 Å². The summed E-state index contributed by atoms with van der Waals surface area (Å²) in [5, 5.41) is 2.87. The lowest BCUT2D eigenvalue weighted by Crippen LogP contribution is -2.40. The lowest BCUT2D eigenvalue weighted by atomic mass is 10.4. The van der Waals surface area contributed by atoms with Crippen LogP contribution in [0.1, 0.15) is 0 Å². The molecule has 0 unspecified atom stereocenters. The van der Waals surface area contributed by atoms with Crippen molar-refractivity contribution in [3.63, 3.8) is 0 Å². The highest BCUT2D eigenvalue weighted by atomic mass is 31.3. The Morgan fingerprint density at radius 2 is 0.944 bits per heavy atom. The van der Waals surface area contributed by atoms with Gasteiger partial charge in [-0.2, -0.15) is 0 Å². The number of hydrogen-bond donors (Lipinski definition) is 0. The molecule has 1 aliphatic rings. The van der Waals surface area contributed by atoms with Crippen LogP contribution in [0.2, 0.25) is 0 Å². The topological polar surface area (TPSA) is 6.48 Å². The Bertz CT molecular complexity index is 460. The van der Waals surface area contributed by atoms with Crippen LogP contribution in [0.5, 0.6) is 0 Å². The van der Waals surface area contributed by atoms with E-state index in [-0.39, 0.29) is 16.4 Å². The van der Waals surface area contributed by atoms with Gasteiger partial charge in [-0.05, 0) is 14.1 Å². The van der Waals surface area contributed by atoms with Crippen molar-refractivity contribution in [2.75, 3.05) is 14.1 Å². The van der Waals surface area contributed by atoms with Gasteiger partial charge in [0, 0.05) is 10.6 Å². The first-order chi connectivity index (χ1) is 8.79. The second-order valence-electron chi connectivity index (χ2n) is 4.23. The van der Waals surface area contributed by atoms with Crippen LogP contribution in [0, 0.1) is 0 Å². The molecule has 0 spiro atoms. The van der Waals surface area contributed by atoms with Crippen LogP contribution >= 0.6 is 16.4 Å². The SMILES string of the molecule is CN1P(c2ccccc2)N(C)P1c1ccccc1. The zero-order valence-electron chi connectivity index (χ0n) is 10.6. The molecular formula is C14H16N2P2. The molecule has 0 aliphatic carbocycles. The Morgan fingerprint density at radius 3 is 1.28 bits per heavy atom. The summed E-state index contributed by atoms with van der Waals surface area (Å²) in [5.74, 6) is 0. The molecule has 0 radical (unpaired) electrons. The van der Waals surface area contributed by atoms with E-state index in [4.69, 9.17) is 0 Å². The minimum Gasteiger partial charge on any atom is -0.230 e. The standard InChI is InChI=1S/C14H16N2P2/c1-15-17(13-9-5-3-6-10-13)16(2)18(15)14-11-7-4-8-12-14/h3-12H,1-2H3. The van der Waals surface area contributed by atoms with Crippen LogP contribution in [-0.4, -0.2) is 23.0 Å². The molecule has 2 aromatic rings. The first-order valence-electron chi connectivity index (χ1n) is 5.96. The van der Waals surface area contributed by atoms with Crippen molar-refractivity contribution in [3.05, 3.63) is 60.7 Å². The van der Waals surface area contributed by atoms with Crippen molar-refractivity contribution in [1.29, 1.82) is 0 Å². The number of rotatable bonds is 2. The Kier molecular flexibility index (Phi) is 3.46. The molecule has 0 amide bonds. The van der Waals surface area contributed by atoms with Crippen molar-refractivity contribution in [2.45, 2.75) is 0 Å². The monoisotopic (exact) mass is 274 g/mol. The van der Waals surface area contributed by atoms with Gasteiger partial charge in [-0.3, -0.25) is 0 Å². The molecular weight excluding hydrogens is 258 g/mol. The van der Waals surface area contributed by atoms with Crippen LogP contribution in [0.4, 0.5) is 0 Å². The predicted molar refractivity (Wildman–Crippen MR) is 81.5 cm³/mol. The van der Waals surface area contributed by atoms with E-state index in [0.717, 1.165) is 0 Å². The van der Waals surface area contributed by atoms with Crippen molar-refractivity contribution in [1.82, 2.24) is 8.88 Å². The van der Waals surface area contributed by atoms with Gasteiger partial charge in [-0.1, -0.05) is 60.7 Å². The van der Waals surface area contributed by atoms with Gasteiger partial charge in [0.2, 0.25) is 0 Å². The average Bonchev–Trinajstić information content (AvgIpc) is 2.41. The molecule has 18 heavy (non-hydrogen) atoms. The zero-order chi connectivity index (χ0) is 12.5. The highest BCUT2D eigenvalue weighted by Gasteiger charge is 2.43. The highest BCUT2D eigenvalue weighted by Crippen LogP contribution is 2.72. The van der Waals surface area contributed by atoms with Gasteiger partial charge in [0.25, 0.3) is 0 Å². The summed E-state index contributed by atoms with van der Waals surface area (Å²) in [6.45, 7) is 0. The molecule has 92 valence electrons. The molecule has 2 nitrogen and oxygen atoms in total. The maximum Gasteiger partial charge on any atom is 0.0818 e. The quantitative estimate of drug-likeness (QED) is 0.776. The zero-order valence-corrected chi connectivity index (χ0v) is 12.4. The largest absolute Gasteiger partial charge is 0.230 e. The molecule has 0 bridgehead atoms. The number of benzene rings is 2. The van der Waals surface area contributed by atoms with Gasteiger partial charge in [0.15, 0.2) is 0 Å². The van der Waals surface area contributed by atoms with Gasteiger partial charge in [-0.25, -0.2) is 8.88 Å². The summed E-state index contributed by atoms with van der Waals surface area (Å²) in [4.78, 5) is 0. The van der Waals surface area contributed by atoms with Gasteiger partial charge < -0.3 is 0 Å². The lowest BCUT2D eigenvalue weighted by Gasteiger charge is -2.53. The summed E-state index contributed by atoms with van der Waals surface area (Å²) in [5.41, 5.74) is 0. The Hall–Kier alpha value is -0.780. The van der Waals surface area contributed by atoms with Crippen LogP contribution in [0.25, 0.3) is 0 Å². The molecule has 0 saturated carbocycles. The molecule has 4 heteroatoms. The minimum absolute atomic E-state index is 0.283. The maximum atomic E-state index is 2.54. The summed E-state index contributed by atoms with van der Waals surface area (Å²) < 4.78 is 5.07. The van der Waals surface area contributed by atoms with Crippen LogP contribution in [-0.2, 0) is 0 Å². The minimum atomic E-state index is -0.283. The lowest BCUT2D eigenvalue weighted by molar-refractivity contribution is 0.678. The second kappa shape index (κ2) is 5.07. The van der Waals surface area contributed by atoms with Gasteiger partial charge in [0.05, 0.1) is 16.4 Å². The first kappa shape index (κ1) is 12.3. The van der Waals surface area contributed by atoms with Crippen molar-refractivity contribution in [2.24, 2.45) is 0 Å². The summed E-state index contributed by atoms with van der Waals surface area (Å²) in [7, 11) is 3.93. The third-order valence-corrected chi connectivity index (χ3v) is 8.82. The third-order valence-electron chi connectivity index (χ3n) is 3.07. The molecule has 1 aliphatic heterocycles. The Morgan fingerprint density at radius 1 is 0.611 bits per heavy atom. The van der Waals surface area contributed by atoms with Crippen molar-refractivity contribution < 1.29 is 0 Å². The third kappa shape index (κ3) is 2.00. The molecule has 0 atom stereocenters. The normalized spacial score (nSPS) is 24.8. The van der Waals surface area contributed by atoms with Gasteiger partial charge >= 0.3 is 0 Å². The molecule has 2 aromatic carbocycles. The molecule has 3 rings (SSSR count). The van der Waals surface area contributed by atoms with Crippen molar-refractivity contribution >= 4 is 27.1 Å². The van der Waals surface area contributed by atoms with E-state index in [1.54, 1.807) is 0 Å². The predicted octanol–water partition coefficient (Wildman–Crippen LogP) is 3.14. The van der Waals surface area contributed by atoms with Crippen LogP contribution in [0.15, 0.2) is 60.7 Å². The first-order valence-corrected chi connectivity index (χ1v) is 8.46. The fourth-order valence-corrected chi connectivity index (χ4v) is 8.70. The fraction of sp³-hybridized carbons (Fsp3) is 0.143. The second-order valence-corrected chi connectivity index (χ2v) is 9.45. The molecule has 0 N–H and O–H groups in total. The molecule has 0 aromatic heterocycles. The van der Waals surface area contributed by atoms with E-state index in [9.17, 15) is 0 Å². The van der Waals surface area contributed by atoms with Gasteiger partial charge in [-0.15, -0.1) is 0 Å². The van der Waals surface area contributed by atoms with Crippen LogP contribution < -0.4 is 10.6 Å². The van der Waals surface area contributed by atoms with E-state index >= 15 is 0 Å². The van der Waals surface area contributed by atoms with E-state index < -0.39 is 0 Å². The summed E-state index contributed by atoms with van der Waals surface area (Å²) in [6, 6.07) is 21.6. The maximum absolute atomic E-state index is 2.54. The molecule has 1 fully saturated rings. The molecule has 1 heterocycles. The number of nitrogens with zero attached hydrogens (tertiary/aromatic N) is 2. The smallest absolute Gasteiger partial charge is 0.0818 e. The van der Waals surface area contributed by atoms with Gasteiger partial charge in [0.1, 0.15) is 0 Å². The molecule has 1 saturated heterocycles. The fourth-order valence-electron chi connectivity index (χ4n) is 2.29. The average molecular weight is 274 g/mol. The summed E-state index contributed by atoms with van der Waals surface area (Å²) in [6.07, 6.45) is 0. The Labute approximate surface area is 111 Å². The Balaban J connectivity index is 1.84. The van der Waals surface area contributed by atoms with E-state index in [2.05, 4.69) is 83.6 Å². The van der Waals surface area contributed by atoms with E-state index in [0.29, 0.717) is 0 Å². The van der Waals surface area contributed by atoms with E-state index in [1.807, 2.05) is 0 Å². The summed E-state index contributed by atoms with van der Waals surface area (Å²) >= 11 is 0. The van der Waals surface area contributed by atoms with Crippen LogP contribution in [0.3, 0.4) is 0 Å².